The largest absolute Gasteiger partial charge is 0.497 e. The van der Waals surface area contributed by atoms with E-state index >= 15 is 0 Å². The molecule has 1 aliphatic carbocycles. The van der Waals surface area contributed by atoms with E-state index in [9.17, 15) is 18.0 Å². The fourth-order valence-corrected chi connectivity index (χ4v) is 6.73. The van der Waals surface area contributed by atoms with Crippen LogP contribution in [-0.2, 0) is 32.6 Å². The SMILES string of the molecule is COc1cccc(CN(C(=O)CCCN(c2ccc(C)c(C)c2)S(C)(=O)=O)[C@@H](Cc2ccccc2)C(=O)NC2CCCC2)c1. The molecule has 0 saturated heterocycles. The third-order valence-corrected chi connectivity index (χ3v) is 9.58. The first-order valence-corrected chi connectivity index (χ1v) is 17.2. The Bertz CT molecular complexity index is 1520. The van der Waals surface area contributed by atoms with Gasteiger partial charge in [-0.2, -0.15) is 0 Å². The molecule has 0 aromatic heterocycles. The van der Waals surface area contributed by atoms with Crippen molar-refractivity contribution in [1.82, 2.24) is 10.2 Å². The number of nitrogens with one attached hydrogen (secondary N) is 1. The number of aryl methyl sites for hydroxylation is 2. The van der Waals surface area contributed by atoms with Crippen LogP contribution < -0.4 is 14.4 Å². The molecule has 0 radical (unpaired) electrons. The summed E-state index contributed by atoms with van der Waals surface area (Å²) in [6.07, 6.45) is 5.98. The molecule has 3 aromatic rings. The first-order valence-electron chi connectivity index (χ1n) is 15.4. The van der Waals surface area contributed by atoms with E-state index < -0.39 is 16.1 Å². The average Bonchev–Trinajstić information content (AvgIpc) is 3.51. The predicted octanol–water partition coefficient (Wildman–Crippen LogP) is 5.56. The van der Waals surface area contributed by atoms with Crippen LogP contribution in [0, 0.1) is 13.8 Å². The minimum atomic E-state index is -3.58. The average molecular weight is 620 g/mol. The monoisotopic (exact) mass is 619 g/mol. The van der Waals surface area contributed by atoms with Gasteiger partial charge in [-0.1, -0.05) is 61.4 Å². The van der Waals surface area contributed by atoms with Gasteiger partial charge in [-0.3, -0.25) is 13.9 Å². The second kappa shape index (κ2) is 15.2. The Morgan fingerprint density at radius 3 is 2.30 bits per heavy atom. The first kappa shape index (κ1) is 33.1. The van der Waals surface area contributed by atoms with Gasteiger partial charge in [0.1, 0.15) is 11.8 Å². The molecule has 9 heteroatoms. The number of amides is 2. The molecule has 8 nitrogen and oxygen atoms in total. The summed E-state index contributed by atoms with van der Waals surface area (Å²) in [6.45, 7) is 4.30. The van der Waals surface area contributed by atoms with Crippen molar-refractivity contribution >= 4 is 27.5 Å². The van der Waals surface area contributed by atoms with E-state index in [-0.39, 0.29) is 37.4 Å². The lowest BCUT2D eigenvalue weighted by molar-refractivity contribution is -0.141. The molecule has 0 heterocycles. The highest BCUT2D eigenvalue weighted by Crippen LogP contribution is 2.24. The number of rotatable bonds is 14. The molecule has 44 heavy (non-hydrogen) atoms. The van der Waals surface area contributed by atoms with Crippen molar-refractivity contribution < 1.29 is 22.7 Å². The molecule has 1 saturated carbocycles. The number of hydrogen-bond donors (Lipinski definition) is 1. The Morgan fingerprint density at radius 2 is 1.64 bits per heavy atom. The number of benzene rings is 3. The van der Waals surface area contributed by atoms with Crippen LogP contribution >= 0.6 is 0 Å². The number of nitrogens with zero attached hydrogens (tertiary/aromatic N) is 2. The van der Waals surface area contributed by atoms with Crippen LogP contribution in [0.4, 0.5) is 5.69 Å². The van der Waals surface area contributed by atoms with E-state index in [1.807, 2.05) is 80.6 Å². The van der Waals surface area contributed by atoms with Crippen molar-refractivity contribution in [3.05, 3.63) is 95.1 Å². The van der Waals surface area contributed by atoms with Crippen LogP contribution in [0.2, 0.25) is 0 Å². The van der Waals surface area contributed by atoms with Crippen LogP contribution in [0.5, 0.6) is 5.75 Å². The van der Waals surface area contributed by atoms with Crippen molar-refractivity contribution in [3.63, 3.8) is 0 Å². The summed E-state index contributed by atoms with van der Waals surface area (Å²) in [6, 6.07) is 22.2. The standard InChI is InChI=1S/C35H45N3O5S/c1-26-19-20-31(22-27(26)2)38(44(4,41)42)21-11-18-34(39)37(25-29-14-10-17-32(23-29)43-3)33(24-28-12-6-5-7-13-28)35(40)36-30-15-8-9-16-30/h5-7,10,12-14,17,19-20,22-23,30,33H,8-9,11,15-16,18,21,24-25H2,1-4H3,(H,36,40)/t33-/m0/s1. The molecule has 236 valence electrons. The lowest BCUT2D eigenvalue weighted by Gasteiger charge is -2.33. The maximum absolute atomic E-state index is 14.1. The third-order valence-electron chi connectivity index (χ3n) is 8.39. The Labute approximate surface area is 262 Å². The second-order valence-corrected chi connectivity index (χ2v) is 13.7. The molecule has 0 unspecified atom stereocenters. The molecule has 4 rings (SSSR count). The summed E-state index contributed by atoms with van der Waals surface area (Å²) >= 11 is 0. The molecule has 2 amide bonds. The lowest BCUT2D eigenvalue weighted by atomic mass is 10.0. The van der Waals surface area contributed by atoms with Crippen LogP contribution in [0.25, 0.3) is 0 Å². The Balaban J connectivity index is 1.60. The highest BCUT2D eigenvalue weighted by Gasteiger charge is 2.32. The molecule has 0 spiro atoms. The summed E-state index contributed by atoms with van der Waals surface area (Å²) in [5, 5.41) is 3.22. The normalized spacial score (nSPS) is 14.2. The lowest BCUT2D eigenvalue weighted by Crippen LogP contribution is -2.52. The van der Waals surface area contributed by atoms with Crippen molar-refractivity contribution in [2.45, 2.75) is 77.4 Å². The summed E-state index contributed by atoms with van der Waals surface area (Å²) in [5.41, 5.74) is 4.45. The van der Waals surface area contributed by atoms with Crippen LogP contribution in [0.15, 0.2) is 72.8 Å². The van der Waals surface area contributed by atoms with E-state index in [2.05, 4.69) is 5.32 Å². The van der Waals surface area contributed by atoms with Gasteiger partial charge < -0.3 is 15.0 Å². The molecule has 3 aromatic carbocycles. The second-order valence-electron chi connectivity index (χ2n) is 11.8. The molecule has 0 bridgehead atoms. The van der Waals surface area contributed by atoms with Crippen LogP contribution in [0.3, 0.4) is 0 Å². The summed E-state index contributed by atoms with van der Waals surface area (Å²) in [4.78, 5) is 29.7. The molecule has 1 aliphatic rings. The van der Waals surface area contributed by atoms with Crippen molar-refractivity contribution in [3.8, 4) is 5.75 Å². The van der Waals surface area contributed by atoms with Crippen molar-refractivity contribution in [1.29, 1.82) is 0 Å². The molecular formula is C35H45N3O5S. The van der Waals surface area contributed by atoms with Crippen molar-refractivity contribution in [2.75, 3.05) is 24.2 Å². The van der Waals surface area contributed by atoms with Gasteiger partial charge in [0, 0.05) is 32.0 Å². The number of methoxy groups -OCH3 is 1. The summed E-state index contributed by atoms with van der Waals surface area (Å²) in [5.74, 6) is 0.302. The summed E-state index contributed by atoms with van der Waals surface area (Å²) < 4.78 is 32.3. The fraction of sp³-hybridized carbons (Fsp3) is 0.429. The van der Waals surface area contributed by atoms with Crippen LogP contribution in [0.1, 0.15) is 60.8 Å². The van der Waals surface area contributed by atoms with Gasteiger partial charge in [-0.05, 0) is 79.6 Å². The number of anilines is 1. The minimum absolute atomic E-state index is 0.0861. The van der Waals surface area contributed by atoms with Gasteiger partial charge in [-0.25, -0.2) is 8.42 Å². The highest BCUT2D eigenvalue weighted by atomic mass is 32.2. The van der Waals surface area contributed by atoms with Gasteiger partial charge in [-0.15, -0.1) is 0 Å². The maximum Gasteiger partial charge on any atom is 0.243 e. The minimum Gasteiger partial charge on any atom is -0.497 e. The Morgan fingerprint density at radius 1 is 0.932 bits per heavy atom. The number of ether oxygens (including phenoxy) is 1. The van der Waals surface area contributed by atoms with Crippen molar-refractivity contribution in [2.24, 2.45) is 0 Å². The number of carbonyl (C=O) groups is 2. The highest BCUT2D eigenvalue weighted by molar-refractivity contribution is 7.92. The zero-order valence-corrected chi connectivity index (χ0v) is 27.1. The molecule has 1 atom stereocenters. The predicted molar refractivity (Wildman–Crippen MR) is 175 cm³/mol. The van der Waals surface area contributed by atoms with Crippen LogP contribution in [-0.4, -0.2) is 57.1 Å². The third kappa shape index (κ3) is 9.08. The Kier molecular flexibility index (Phi) is 11.4. The molecule has 1 N–H and O–H groups in total. The van der Waals surface area contributed by atoms with E-state index in [0.717, 1.165) is 47.9 Å². The quantitative estimate of drug-likeness (QED) is 0.255. The molecule has 1 fully saturated rings. The van der Waals surface area contributed by atoms with Gasteiger partial charge >= 0.3 is 0 Å². The molecular weight excluding hydrogens is 574 g/mol. The molecule has 0 aliphatic heterocycles. The number of sulfonamides is 1. The van der Waals surface area contributed by atoms with E-state index in [4.69, 9.17) is 4.74 Å². The number of hydrogen-bond acceptors (Lipinski definition) is 5. The zero-order valence-electron chi connectivity index (χ0n) is 26.3. The van der Waals surface area contributed by atoms with E-state index in [0.29, 0.717) is 24.3 Å². The van der Waals surface area contributed by atoms with E-state index in [1.54, 1.807) is 18.1 Å². The number of carbonyl (C=O) groups excluding carboxylic acids is 2. The van der Waals surface area contributed by atoms with Gasteiger partial charge in [0.15, 0.2) is 0 Å². The zero-order chi connectivity index (χ0) is 31.7. The first-order chi connectivity index (χ1) is 21.0. The van der Waals surface area contributed by atoms with Gasteiger partial charge in [0.2, 0.25) is 21.8 Å². The van der Waals surface area contributed by atoms with E-state index in [1.165, 1.54) is 10.6 Å². The smallest absolute Gasteiger partial charge is 0.243 e. The topological polar surface area (TPSA) is 96.0 Å². The van der Waals surface area contributed by atoms with Gasteiger partial charge in [0.25, 0.3) is 0 Å². The van der Waals surface area contributed by atoms with Gasteiger partial charge in [0.05, 0.1) is 19.1 Å². The fourth-order valence-electron chi connectivity index (χ4n) is 5.77. The maximum atomic E-state index is 14.1. The Hall–Kier alpha value is -3.85. The summed E-state index contributed by atoms with van der Waals surface area (Å²) in [7, 11) is -1.98.